The smallest absolute Gasteiger partial charge is 0.138 e. The molecule has 2 aromatic heterocycles. The number of H-pyrrole nitrogens is 1. The van der Waals surface area contributed by atoms with Crippen molar-refractivity contribution in [1.29, 1.82) is 0 Å². The number of hydrogen-bond donors (Lipinski definition) is 2. The molecule has 2 N–H and O–H groups in total. The van der Waals surface area contributed by atoms with E-state index in [4.69, 9.17) is 0 Å². The number of fused-ring (bicyclic) bond motifs is 1. The van der Waals surface area contributed by atoms with Crippen molar-refractivity contribution < 1.29 is 0 Å². The van der Waals surface area contributed by atoms with Crippen molar-refractivity contribution in [1.82, 2.24) is 14.9 Å². The van der Waals surface area contributed by atoms with Gasteiger partial charge in [0.2, 0.25) is 0 Å². The Bertz CT molecular complexity index is 1290. The first-order valence-corrected chi connectivity index (χ1v) is 11.5. The van der Waals surface area contributed by atoms with Gasteiger partial charge in [-0.1, -0.05) is 36.9 Å². The van der Waals surface area contributed by atoms with E-state index in [1.807, 2.05) is 19.3 Å². The Morgan fingerprint density at radius 3 is 2.42 bits per heavy atom. The molecule has 0 atom stereocenters. The van der Waals surface area contributed by atoms with Gasteiger partial charge < -0.3 is 20.1 Å². The number of piperazine rings is 1. The molecule has 0 bridgehead atoms. The van der Waals surface area contributed by atoms with Crippen LogP contribution in [0.4, 0.5) is 11.4 Å². The molecule has 0 saturated carbocycles. The second kappa shape index (κ2) is 8.75. The van der Waals surface area contributed by atoms with Gasteiger partial charge in [-0.05, 0) is 60.5 Å². The van der Waals surface area contributed by atoms with Crippen molar-refractivity contribution in [2.24, 2.45) is 0 Å². The molecule has 1 fully saturated rings. The summed E-state index contributed by atoms with van der Waals surface area (Å²) < 4.78 is 0. The van der Waals surface area contributed by atoms with Gasteiger partial charge in [0.05, 0.1) is 5.69 Å². The molecule has 1 aliphatic rings. The highest BCUT2D eigenvalue weighted by atomic mass is 15.2. The molecule has 4 aromatic rings. The number of nitrogens with zero attached hydrogens (tertiary/aromatic N) is 3. The summed E-state index contributed by atoms with van der Waals surface area (Å²) in [5, 5.41) is 4.43. The highest BCUT2D eigenvalue weighted by molar-refractivity contribution is 6.03. The quantitative estimate of drug-likeness (QED) is 0.424. The van der Waals surface area contributed by atoms with Gasteiger partial charge in [-0.3, -0.25) is 0 Å². The summed E-state index contributed by atoms with van der Waals surface area (Å²) in [6.07, 6.45) is 3.71. The predicted molar refractivity (Wildman–Crippen MR) is 141 cm³/mol. The van der Waals surface area contributed by atoms with Crippen LogP contribution < -0.4 is 10.2 Å². The summed E-state index contributed by atoms with van der Waals surface area (Å²) in [7, 11) is 4.16. The van der Waals surface area contributed by atoms with Gasteiger partial charge >= 0.3 is 0 Å². The highest BCUT2D eigenvalue weighted by Gasteiger charge is 2.18. The topological polar surface area (TPSA) is 47.2 Å². The van der Waals surface area contributed by atoms with Crippen LogP contribution in [0, 0.1) is 6.92 Å². The molecule has 2 aromatic carbocycles. The van der Waals surface area contributed by atoms with E-state index in [0.29, 0.717) is 0 Å². The monoisotopic (exact) mass is 437 g/mol. The normalized spacial score (nSPS) is 14.6. The molecule has 0 amide bonds. The van der Waals surface area contributed by atoms with Crippen molar-refractivity contribution in [3.05, 3.63) is 72.4 Å². The van der Waals surface area contributed by atoms with Crippen LogP contribution in [0.3, 0.4) is 0 Å². The van der Waals surface area contributed by atoms with Crippen molar-refractivity contribution in [2.75, 3.05) is 50.5 Å². The lowest BCUT2D eigenvalue weighted by atomic mass is 9.96. The van der Waals surface area contributed by atoms with Gasteiger partial charge in [0.1, 0.15) is 5.65 Å². The Balaban J connectivity index is 1.62. The third-order valence-electron chi connectivity index (χ3n) is 6.73. The first-order chi connectivity index (χ1) is 16.1. The maximum absolute atomic E-state index is 4.69. The van der Waals surface area contributed by atoms with Gasteiger partial charge in [0, 0.05) is 61.7 Å². The number of benzene rings is 2. The average Bonchev–Trinajstić information content (AvgIpc) is 3.23. The lowest BCUT2D eigenvalue weighted by molar-refractivity contribution is 0.313. The second-order valence-electron chi connectivity index (χ2n) is 8.86. The minimum atomic E-state index is 0.889. The number of aromatic nitrogens is 2. The number of hydrogen-bond acceptors (Lipinski definition) is 4. The number of likely N-dealkylation sites (N-methyl/N-ethyl adjacent to an activating group) is 1. The number of aryl methyl sites for hydroxylation is 1. The Morgan fingerprint density at radius 1 is 1.00 bits per heavy atom. The molecule has 1 aliphatic heterocycles. The molecule has 5 nitrogen and oxygen atoms in total. The Hall–Kier alpha value is -3.57. The summed E-state index contributed by atoms with van der Waals surface area (Å²) in [5.74, 6) is 0. The molecule has 5 rings (SSSR count). The van der Waals surface area contributed by atoms with Crippen LogP contribution in [0.2, 0.25) is 0 Å². The van der Waals surface area contributed by atoms with Crippen LogP contribution in [0.15, 0.2) is 61.3 Å². The first-order valence-electron chi connectivity index (χ1n) is 11.5. The van der Waals surface area contributed by atoms with Crippen molar-refractivity contribution in [3.8, 4) is 22.4 Å². The fourth-order valence-electron chi connectivity index (χ4n) is 4.67. The summed E-state index contributed by atoms with van der Waals surface area (Å²) in [6.45, 7) is 10.4. The highest BCUT2D eigenvalue weighted by Crippen LogP contribution is 2.40. The number of pyridine rings is 1. The van der Waals surface area contributed by atoms with E-state index < -0.39 is 0 Å². The molecule has 33 heavy (non-hydrogen) atoms. The van der Waals surface area contributed by atoms with Gasteiger partial charge in [0.15, 0.2) is 0 Å². The van der Waals surface area contributed by atoms with E-state index in [1.54, 1.807) is 0 Å². The van der Waals surface area contributed by atoms with E-state index in [1.165, 1.54) is 16.8 Å². The summed E-state index contributed by atoms with van der Waals surface area (Å²) in [4.78, 5) is 13.1. The van der Waals surface area contributed by atoms with Gasteiger partial charge in [-0.25, -0.2) is 4.98 Å². The van der Waals surface area contributed by atoms with E-state index in [2.05, 4.69) is 94.2 Å². The number of nitrogens with one attached hydrogen (secondary N) is 2. The second-order valence-corrected chi connectivity index (χ2v) is 8.86. The largest absolute Gasteiger partial charge is 0.388 e. The van der Waals surface area contributed by atoms with Crippen LogP contribution in [0.25, 0.3) is 39.5 Å². The third kappa shape index (κ3) is 4.00. The van der Waals surface area contributed by atoms with E-state index in [9.17, 15) is 0 Å². The fraction of sp³-hybridized carbons (Fsp3) is 0.250. The van der Waals surface area contributed by atoms with Gasteiger partial charge in [0.25, 0.3) is 0 Å². The fourth-order valence-corrected chi connectivity index (χ4v) is 4.67. The molecular weight excluding hydrogens is 406 g/mol. The van der Waals surface area contributed by atoms with Crippen molar-refractivity contribution >= 4 is 28.5 Å². The number of aromatic amines is 1. The molecule has 1 saturated heterocycles. The molecular formula is C28H31N5. The zero-order chi connectivity index (χ0) is 22.9. The first kappa shape index (κ1) is 21.3. The van der Waals surface area contributed by atoms with E-state index in [-0.39, 0.29) is 0 Å². The molecule has 0 spiro atoms. The van der Waals surface area contributed by atoms with Gasteiger partial charge in [-0.15, -0.1) is 0 Å². The van der Waals surface area contributed by atoms with Crippen LogP contribution in [-0.4, -0.2) is 55.1 Å². The lowest BCUT2D eigenvalue weighted by Crippen LogP contribution is -2.44. The van der Waals surface area contributed by atoms with Crippen molar-refractivity contribution in [3.63, 3.8) is 0 Å². The van der Waals surface area contributed by atoms with E-state index in [0.717, 1.165) is 65.3 Å². The molecule has 0 unspecified atom stereocenters. The van der Waals surface area contributed by atoms with Crippen molar-refractivity contribution in [2.45, 2.75) is 6.92 Å². The number of rotatable bonds is 5. The summed E-state index contributed by atoms with van der Waals surface area (Å²) in [5.41, 5.74) is 10.1. The van der Waals surface area contributed by atoms with E-state index >= 15 is 0 Å². The Kier molecular flexibility index (Phi) is 5.65. The maximum atomic E-state index is 4.69. The molecule has 168 valence electrons. The summed E-state index contributed by atoms with van der Waals surface area (Å²) in [6, 6.07) is 17.7. The minimum Gasteiger partial charge on any atom is -0.388 e. The standard InChI is InChI=1S/C28H31N5/c1-5-20-16-24-26(22-7-6-19(2)25(17-22)29-3)27(31-28(24)30-18-20)21-8-10-23(11-9-21)33-14-12-32(4)13-15-33/h5-11,16-18,29H,1,12-15H2,2-4H3,(H,30,31). The average molecular weight is 438 g/mol. The zero-order valence-electron chi connectivity index (χ0n) is 19.7. The Labute approximate surface area is 195 Å². The van der Waals surface area contributed by atoms with Crippen LogP contribution in [0.1, 0.15) is 11.1 Å². The van der Waals surface area contributed by atoms with Gasteiger partial charge in [-0.2, -0.15) is 0 Å². The minimum absolute atomic E-state index is 0.889. The van der Waals surface area contributed by atoms with Crippen LogP contribution in [0.5, 0.6) is 0 Å². The SMILES string of the molecule is C=Cc1cnc2[nH]c(-c3ccc(N4CCN(C)CC4)cc3)c(-c3ccc(C)c(NC)c3)c2c1. The predicted octanol–water partition coefficient (Wildman–Crippen LogP) is 5.64. The summed E-state index contributed by atoms with van der Waals surface area (Å²) >= 11 is 0. The molecule has 0 radical (unpaired) electrons. The zero-order valence-corrected chi connectivity index (χ0v) is 19.7. The maximum Gasteiger partial charge on any atom is 0.138 e. The lowest BCUT2D eigenvalue weighted by Gasteiger charge is -2.34. The molecule has 5 heteroatoms. The third-order valence-corrected chi connectivity index (χ3v) is 6.73. The van der Waals surface area contributed by atoms with Crippen LogP contribution in [-0.2, 0) is 0 Å². The number of anilines is 2. The van der Waals surface area contributed by atoms with Crippen LogP contribution >= 0.6 is 0 Å². The Morgan fingerprint density at radius 2 is 1.73 bits per heavy atom. The molecule has 3 heterocycles. The molecule has 0 aliphatic carbocycles.